The zero-order chi connectivity index (χ0) is 30.2. The van der Waals surface area contributed by atoms with Crippen molar-refractivity contribution in [1.82, 2.24) is 0 Å². The Morgan fingerprint density at radius 3 is 1.64 bits per heavy atom. The molecule has 0 bridgehead atoms. The van der Waals surface area contributed by atoms with Crippen LogP contribution >= 0.6 is 0 Å². The summed E-state index contributed by atoms with van der Waals surface area (Å²) in [6.07, 6.45) is 10.9. The molecule has 0 unspecified atom stereocenters. The van der Waals surface area contributed by atoms with Crippen LogP contribution in [0.3, 0.4) is 0 Å². The minimum Gasteiger partial charge on any atom is -0.0984 e. The van der Waals surface area contributed by atoms with Crippen molar-refractivity contribution < 1.29 is 0 Å². The highest BCUT2D eigenvalue weighted by Gasteiger charge is 2.23. The lowest BCUT2D eigenvalue weighted by atomic mass is 9.79. The second kappa shape index (κ2) is 11.5. The number of fused-ring (bicyclic) bond motifs is 7. The first-order valence-corrected chi connectivity index (χ1v) is 15.7. The fourth-order valence-electron chi connectivity index (χ4n) is 7.28. The summed E-state index contributed by atoms with van der Waals surface area (Å²) in [4.78, 5) is 0. The van der Waals surface area contributed by atoms with Crippen LogP contribution in [0, 0.1) is 0 Å². The molecule has 7 aromatic carbocycles. The maximum atomic E-state index is 4.39. The first kappa shape index (κ1) is 27.6. The van der Waals surface area contributed by atoms with E-state index < -0.39 is 0 Å². The lowest BCUT2D eigenvalue weighted by Gasteiger charge is -2.24. The molecule has 0 nitrogen and oxygen atoms in total. The molecule has 0 aromatic heterocycles. The van der Waals surface area contributed by atoms with E-state index in [1.54, 1.807) is 0 Å². The van der Waals surface area contributed by atoms with Gasteiger partial charge in [0.05, 0.1) is 0 Å². The number of aryl methyl sites for hydroxylation is 1. The molecule has 7 aromatic rings. The van der Waals surface area contributed by atoms with Crippen LogP contribution in [0.5, 0.6) is 0 Å². The molecule has 0 fully saturated rings. The molecular weight excluding hydrogens is 528 g/mol. The van der Waals surface area contributed by atoms with Crippen molar-refractivity contribution in [3.8, 4) is 22.3 Å². The minimum atomic E-state index is 1.05. The molecule has 0 radical (unpaired) electrons. The lowest BCUT2D eigenvalue weighted by Crippen LogP contribution is -2.02. The van der Waals surface area contributed by atoms with Crippen molar-refractivity contribution >= 4 is 61.3 Å². The van der Waals surface area contributed by atoms with Gasteiger partial charge in [-0.3, -0.25) is 0 Å². The van der Waals surface area contributed by atoms with E-state index in [4.69, 9.17) is 0 Å². The zero-order valence-electron chi connectivity index (χ0n) is 25.5. The van der Waals surface area contributed by atoms with Crippen molar-refractivity contribution in [3.05, 3.63) is 151 Å². The number of allylic oxidation sites excluding steroid dienone is 1. The summed E-state index contributed by atoms with van der Waals surface area (Å²) < 4.78 is 0. The highest BCUT2D eigenvalue weighted by molar-refractivity contribution is 6.20. The van der Waals surface area contributed by atoms with Crippen LogP contribution < -0.4 is 0 Å². The minimum absolute atomic E-state index is 1.05. The maximum Gasteiger partial charge on any atom is -0.00201 e. The van der Waals surface area contributed by atoms with Crippen LogP contribution in [0.4, 0.5) is 0 Å². The van der Waals surface area contributed by atoms with Crippen molar-refractivity contribution in [1.29, 1.82) is 0 Å². The van der Waals surface area contributed by atoms with E-state index in [-0.39, 0.29) is 0 Å². The van der Waals surface area contributed by atoms with E-state index >= 15 is 0 Å². The molecule has 0 saturated carbocycles. The Hall–Kier alpha value is -5.20. The molecule has 0 heterocycles. The van der Waals surface area contributed by atoms with E-state index in [0.717, 1.165) is 24.0 Å². The van der Waals surface area contributed by atoms with Crippen LogP contribution in [-0.2, 0) is 6.42 Å². The fraction of sp³-hybridized carbons (Fsp3) is 0.0909. The monoisotopic (exact) mass is 564 g/mol. The second-order valence-corrected chi connectivity index (χ2v) is 11.2. The summed E-state index contributed by atoms with van der Waals surface area (Å²) >= 11 is 0. The Labute approximate surface area is 260 Å². The first-order valence-electron chi connectivity index (χ1n) is 15.7. The van der Waals surface area contributed by atoms with E-state index in [1.807, 2.05) is 26.0 Å². The molecule has 8 rings (SSSR count). The topological polar surface area (TPSA) is 0 Å². The number of hydrogen-bond acceptors (Lipinski definition) is 0. The van der Waals surface area contributed by atoms with Crippen LogP contribution in [0.2, 0.25) is 0 Å². The third kappa shape index (κ3) is 4.21. The van der Waals surface area contributed by atoms with Crippen LogP contribution in [0.1, 0.15) is 42.5 Å². The summed E-state index contributed by atoms with van der Waals surface area (Å²) in [6, 6.07) is 39.9. The van der Waals surface area contributed by atoms with Gasteiger partial charge in [0, 0.05) is 0 Å². The molecule has 0 amide bonds. The molecule has 1 aliphatic rings. The summed E-state index contributed by atoms with van der Waals surface area (Å²) in [5, 5.41) is 10.1. The maximum absolute atomic E-state index is 4.39. The Kier molecular flexibility index (Phi) is 7.20. The standard InChI is InChI=1S/C42H30.C2H6/c1-3-29-30(4-2)42(40-26-28-16-6-8-18-32(28)34-20-10-12-22-36(34)40)38-24-14-13-23-37(38)41(29)39-25-27-15-5-7-17-31(27)33-19-9-11-21-35(33)39;1-2/h3-9,11-19,21-26H,1-2,10,20H2;1-2H3. The predicted octanol–water partition coefficient (Wildman–Crippen LogP) is 12.9. The van der Waals surface area contributed by atoms with Gasteiger partial charge >= 0.3 is 0 Å². The average Bonchev–Trinajstić information content (AvgIpc) is 3.10. The van der Waals surface area contributed by atoms with Gasteiger partial charge in [-0.05, 0) is 113 Å². The largest absolute Gasteiger partial charge is 0.0984 e. The summed E-state index contributed by atoms with van der Waals surface area (Å²) in [5.41, 5.74) is 9.97. The van der Waals surface area contributed by atoms with Crippen molar-refractivity contribution in [2.45, 2.75) is 26.7 Å². The Morgan fingerprint density at radius 2 is 1.00 bits per heavy atom. The van der Waals surface area contributed by atoms with Gasteiger partial charge < -0.3 is 0 Å². The molecular formula is C44H36. The van der Waals surface area contributed by atoms with E-state index in [0.29, 0.717) is 0 Å². The number of benzene rings is 7. The lowest BCUT2D eigenvalue weighted by molar-refractivity contribution is 0.998. The van der Waals surface area contributed by atoms with Crippen molar-refractivity contribution in [2.24, 2.45) is 0 Å². The first-order chi connectivity index (χ1) is 21.8. The average molecular weight is 565 g/mol. The van der Waals surface area contributed by atoms with Crippen molar-refractivity contribution in [3.63, 3.8) is 0 Å². The van der Waals surface area contributed by atoms with Gasteiger partial charge in [0.15, 0.2) is 0 Å². The highest BCUT2D eigenvalue weighted by atomic mass is 14.3. The number of hydrogen-bond donors (Lipinski definition) is 0. The van der Waals surface area contributed by atoms with E-state index in [2.05, 4.69) is 135 Å². The van der Waals surface area contributed by atoms with Gasteiger partial charge in [0.1, 0.15) is 0 Å². The molecule has 0 atom stereocenters. The Balaban J connectivity index is 0.00000153. The third-order valence-corrected chi connectivity index (χ3v) is 9.06. The van der Waals surface area contributed by atoms with E-state index in [1.165, 1.54) is 76.5 Å². The molecule has 44 heavy (non-hydrogen) atoms. The smallest absolute Gasteiger partial charge is 0.00201 e. The summed E-state index contributed by atoms with van der Waals surface area (Å²) in [6.45, 7) is 12.8. The van der Waals surface area contributed by atoms with Gasteiger partial charge in [-0.25, -0.2) is 0 Å². The van der Waals surface area contributed by atoms with Gasteiger partial charge in [0.2, 0.25) is 0 Å². The van der Waals surface area contributed by atoms with Gasteiger partial charge in [-0.2, -0.15) is 0 Å². The summed E-state index contributed by atoms with van der Waals surface area (Å²) in [7, 11) is 0. The normalized spacial score (nSPS) is 12.2. The van der Waals surface area contributed by atoms with Crippen LogP contribution in [-0.4, -0.2) is 0 Å². The van der Waals surface area contributed by atoms with Crippen LogP contribution in [0.25, 0.3) is 83.6 Å². The number of rotatable bonds is 4. The molecule has 0 heteroatoms. The highest BCUT2D eigenvalue weighted by Crippen LogP contribution is 2.48. The zero-order valence-corrected chi connectivity index (χ0v) is 25.5. The SMILES string of the molecule is C=Cc1c(C=C)c(-c2cc3ccccc3c3ccccc23)c2ccccc2c1-c1cc2ccccc2c2c1C=CCC2.CC. The molecule has 212 valence electrons. The quantitative estimate of drug-likeness (QED) is 0.187. The van der Waals surface area contributed by atoms with Gasteiger partial charge in [-0.1, -0.05) is 148 Å². The van der Waals surface area contributed by atoms with Crippen LogP contribution in [0.15, 0.2) is 128 Å². The predicted molar refractivity (Wildman–Crippen MR) is 196 cm³/mol. The van der Waals surface area contributed by atoms with Gasteiger partial charge in [0.25, 0.3) is 0 Å². The fourth-order valence-corrected chi connectivity index (χ4v) is 7.28. The molecule has 0 saturated heterocycles. The second-order valence-electron chi connectivity index (χ2n) is 11.2. The Morgan fingerprint density at radius 1 is 0.523 bits per heavy atom. The molecule has 1 aliphatic carbocycles. The van der Waals surface area contributed by atoms with Gasteiger partial charge in [-0.15, -0.1) is 0 Å². The van der Waals surface area contributed by atoms with E-state index in [9.17, 15) is 0 Å². The summed E-state index contributed by atoms with van der Waals surface area (Å²) in [5.74, 6) is 0. The third-order valence-electron chi connectivity index (χ3n) is 9.06. The molecule has 0 N–H and O–H groups in total. The van der Waals surface area contributed by atoms with Crippen molar-refractivity contribution in [2.75, 3.05) is 0 Å². The molecule has 0 aliphatic heterocycles. The Bertz CT molecular complexity index is 2280. The molecule has 0 spiro atoms.